The topological polar surface area (TPSA) is 51.1 Å². The summed E-state index contributed by atoms with van der Waals surface area (Å²) in [6.07, 6.45) is 0.950. The minimum absolute atomic E-state index is 0.0789. The molecule has 0 saturated carbocycles. The second-order valence-corrected chi connectivity index (χ2v) is 5.50. The SMILES string of the molecule is CC[C@H](C)[C@H]1NC(=O)c2c1n(C)c1ccccc1c2=O. The minimum Gasteiger partial charge on any atom is -0.345 e. The Hall–Kier alpha value is -2.10. The summed E-state index contributed by atoms with van der Waals surface area (Å²) >= 11 is 0. The van der Waals surface area contributed by atoms with Crippen molar-refractivity contribution in [3.8, 4) is 0 Å². The third-order valence-corrected chi connectivity index (χ3v) is 4.38. The van der Waals surface area contributed by atoms with E-state index in [9.17, 15) is 9.59 Å². The standard InChI is InChI=1S/C16H18N2O2/c1-4-9(2)13-14-12(16(20)17-13)15(19)10-7-5-6-8-11(10)18(14)3/h5-9,13H,4H2,1-3H3,(H,17,20)/t9-,13+/m0/s1. The molecule has 104 valence electrons. The smallest absolute Gasteiger partial charge is 0.257 e. The van der Waals surface area contributed by atoms with Crippen molar-refractivity contribution in [2.45, 2.75) is 26.3 Å². The molecule has 3 rings (SSSR count). The molecule has 2 aromatic rings. The van der Waals surface area contributed by atoms with E-state index in [4.69, 9.17) is 0 Å². The van der Waals surface area contributed by atoms with Crippen LogP contribution in [0, 0.1) is 5.92 Å². The molecule has 2 atom stereocenters. The molecule has 0 fully saturated rings. The lowest BCUT2D eigenvalue weighted by Gasteiger charge is -2.21. The summed E-state index contributed by atoms with van der Waals surface area (Å²) in [6, 6.07) is 7.37. The first-order valence-corrected chi connectivity index (χ1v) is 6.98. The number of carbonyl (C=O) groups is 1. The zero-order valence-corrected chi connectivity index (χ0v) is 11.9. The van der Waals surface area contributed by atoms with Gasteiger partial charge in [-0.1, -0.05) is 32.4 Å². The highest BCUT2D eigenvalue weighted by molar-refractivity contribution is 6.01. The molecule has 0 radical (unpaired) electrons. The molecule has 4 heteroatoms. The lowest BCUT2D eigenvalue weighted by atomic mass is 9.95. The average Bonchev–Trinajstić information content (AvgIpc) is 2.82. The van der Waals surface area contributed by atoms with E-state index in [1.54, 1.807) is 6.07 Å². The zero-order valence-electron chi connectivity index (χ0n) is 11.9. The van der Waals surface area contributed by atoms with Crippen LogP contribution in [-0.2, 0) is 7.05 Å². The number of fused-ring (bicyclic) bond motifs is 2. The van der Waals surface area contributed by atoms with Gasteiger partial charge in [-0.3, -0.25) is 9.59 Å². The molecule has 20 heavy (non-hydrogen) atoms. The number of nitrogens with zero attached hydrogens (tertiary/aromatic N) is 1. The first kappa shape index (κ1) is 12.9. The summed E-state index contributed by atoms with van der Waals surface area (Å²) in [5, 5.41) is 3.57. The predicted octanol–water partition coefficient (Wildman–Crippen LogP) is 2.37. The second kappa shape index (κ2) is 4.47. The second-order valence-electron chi connectivity index (χ2n) is 5.50. The molecule has 4 nitrogen and oxygen atoms in total. The molecule has 1 aromatic heterocycles. The van der Waals surface area contributed by atoms with E-state index in [1.165, 1.54) is 0 Å². The van der Waals surface area contributed by atoms with Crippen LogP contribution in [0.25, 0.3) is 10.9 Å². The molecular formula is C16H18N2O2. The molecule has 1 aromatic carbocycles. The molecule has 0 bridgehead atoms. The maximum atomic E-state index is 12.6. The van der Waals surface area contributed by atoms with Gasteiger partial charge < -0.3 is 9.88 Å². The van der Waals surface area contributed by atoms with E-state index >= 15 is 0 Å². The first-order valence-electron chi connectivity index (χ1n) is 6.98. The molecule has 0 spiro atoms. The van der Waals surface area contributed by atoms with Crippen LogP contribution in [0.5, 0.6) is 0 Å². The number of carbonyl (C=O) groups excluding carboxylic acids is 1. The number of nitrogens with one attached hydrogen (secondary N) is 1. The van der Waals surface area contributed by atoms with Crippen LogP contribution < -0.4 is 10.7 Å². The summed E-state index contributed by atoms with van der Waals surface area (Å²) in [5.74, 6) is 0.0589. The van der Waals surface area contributed by atoms with Crippen molar-refractivity contribution in [2.75, 3.05) is 0 Å². The Morgan fingerprint density at radius 1 is 1.30 bits per heavy atom. The number of aryl methyl sites for hydroxylation is 1. The number of amides is 1. The predicted molar refractivity (Wildman–Crippen MR) is 78.9 cm³/mol. The van der Waals surface area contributed by atoms with Crippen molar-refractivity contribution >= 4 is 16.8 Å². The van der Waals surface area contributed by atoms with Gasteiger partial charge in [-0.25, -0.2) is 0 Å². The molecule has 1 aliphatic rings. The van der Waals surface area contributed by atoms with E-state index < -0.39 is 0 Å². The van der Waals surface area contributed by atoms with Crippen molar-refractivity contribution in [3.63, 3.8) is 0 Å². The summed E-state index contributed by atoms with van der Waals surface area (Å²) in [6.45, 7) is 4.19. The van der Waals surface area contributed by atoms with E-state index in [1.807, 2.05) is 29.8 Å². The summed E-state index contributed by atoms with van der Waals surface area (Å²) in [4.78, 5) is 24.8. The Bertz CT molecular complexity index is 761. The largest absolute Gasteiger partial charge is 0.345 e. The van der Waals surface area contributed by atoms with Gasteiger partial charge in [-0.2, -0.15) is 0 Å². The van der Waals surface area contributed by atoms with Gasteiger partial charge in [0.2, 0.25) is 5.43 Å². The third-order valence-electron chi connectivity index (χ3n) is 4.38. The van der Waals surface area contributed by atoms with Crippen LogP contribution in [0.15, 0.2) is 29.1 Å². The fraction of sp³-hybridized carbons (Fsp3) is 0.375. The molecule has 2 heterocycles. The number of para-hydroxylation sites is 1. The Labute approximate surface area is 117 Å². The molecule has 0 saturated heterocycles. The van der Waals surface area contributed by atoms with Gasteiger partial charge >= 0.3 is 0 Å². The minimum atomic E-state index is -0.239. The van der Waals surface area contributed by atoms with E-state index in [0.717, 1.165) is 17.6 Å². The molecule has 1 N–H and O–H groups in total. The van der Waals surface area contributed by atoms with Gasteiger partial charge in [0, 0.05) is 12.4 Å². The lowest BCUT2D eigenvalue weighted by molar-refractivity contribution is 0.0946. The Balaban J connectivity index is 2.40. The van der Waals surface area contributed by atoms with Crippen molar-refractivity contribution in [1.29, 1.82) is 0 Å². The van der Waals surface area contributed by atoms with E-state index in [0.29, 0.717) is 16.9 Å². The number of rotatable bonds is 2. The monoisotopic (exact) mass is 270 g/mol. The van der Waals surface area contributed by atoms with Crippen LogP contribution in [0.2, 0.25) is 0 Å². The van der Waals surface area contributed by atoms with E-state index in [2.05, 4.69) is 19.2 Å². The number of benzene rings is 1. The molecule has 1 aliphatic heterocycles. The number of hydrogen-bond donors (Lipinski definition) is 1. The highest BCUT2D eigenvalue weighted by Crippen LogP contribution is 2.32. The molecule has 0 aliphatic carbocycles. The van der Waals surface area contributed by atoms with Crippen molar-refractivity contribution in [2.24, 2.45) is 13.0 Å². The summed E-state index contributed by atoms with van der Waals surface area (Å²) in [7, 11) is 1.93. The molecule has 1 amide bonds. The summed E-state index contributed by atoms with van der Waals surface area (Å²) in [5.41, 5.74) is 1.86. The van der Waals surface area contributed by atoms with Crippen molar-refractivity contribution in [3.05, 3.63) is 45.7 Å². The van der Waals surface area contributed by atoms with Crippen LogP contribution in [0.4, 0.5) is 0 Å². The van der Waals surface area contributed by atoms with Crippen molar-refractivity contribution in [1.82, 2.24) is 9.88 Å². The quantitative estimate of drug-likeness (QED) is 0.910. The van der Waals surface area contributed by atoms with Crippen LogP contribution in [0.1, 0.15) is 42.4 Å². The first-order chi connectivity index (χ1) is 9.56. The Kier molecular flexibility index (Phi) is 2.89. The van der Waals surface area contributed by atoms with Crippen LogP contribution >= 0.6 is 0 Å². The number of pyridine rings is 1. The summed E-state index contributed by atoms with van der Waals surface area (Å²) < 4.78 is 1.99. The van der Waals surface area contributed by atoms with Gasteiger partial charge in [0.25, 0.3) is 5.91 Å². The van der Waals surface area contributed by atoms with Crippen LogP contribution in [0.3, 0.4) is 0 Å². The van der Waals surface area contributed by atoms with E-state index in [-0.39, 0.29) is 17.4 Å². The number of hydrogen-bond acceptors (Lipinski definition) is 2. The highest BCUT2D eigenvalue weighted by Gasteiger charge is 2.36. The highest BCUT2D eigenvalue weighted by atomic mass is 16.2. The maximum absolute atomic E-state index is 12.6. The molecular weight excluding hydrogens is 252 g/mol. The fourth-order valence-electron chi connectivity index (χ4n) is 3.02. The zero-order chi connectivity index (χ0) is 14.4. The number of aromatic nitrogens is 1. The lowest BCUT2D eigenvalue weighted by Crippen LogP contribution is -2.25. The normalized spacial score (nSPS) is 18.9. The molecule has 0 unspecified atom stereocenters. The third kappa shape index (κ3) is 1.60. The average molecular weight is 270 g/mol. The fourth-order valence-corrected chi connectivity index (χ4v) is 3.02. The Morgan fingerprint density at radius 2 is 2.00 bits per heavy atom. The van der Waals surface area contributed by atoms with Gasteiger partial charge in [-0.15, -0.1) is 0 Å². The van der Waals surface area contributed by atoms with Gasteiger partial charge in [0.1, 0.15) is 5.56 Å². The van der Waals surface area contributed by atoms with Crippen LogP contribution in [-0.4, -0.2) is 10.5 Å². The Morgan fingerprint density at radius 3 is 2.70 bits per heavy atom. The van der Waals surface area contributed by atoms with Crippen molar-refractivity contribution < 1.29 is 4.79 Å². The maximum Gasteiger partial charge on any atom is 0.257 e. The van der Waals surface area contributed by atoms with Gasteiger partial charge in [0.05, 0.1) is 17.3 Å². The van der Waals surface area contributed by atoms with Gasteiger partial charge in [-0.05, 0) is 18.1 Å². The van der Waals surface area contributed by atoms with Gasteiger partial charge in [0.15, 0.2) is 0 Å².